The molecule has 19 heavy (non-hydrogen) atoms. The maximum atomic E-state index is 12.1. The van der Waals surface area contributed by atoms with E-state index < -0.39 is 5.60 Å². The van der Waals surface area contributed by atoms with Crippen molar-refractivity contribution in [3.05, 3.63) is 0 Å². The predicted molar refractivity (Wildman–Crippen MR) is 73.0 cm³/mol. The maximum Gasteiger partial charge on any atom is 0.410 e. The summed E-state index contributed by atoms with van der Waals surface area (Å²) in [6.07, 6.45) is 2.44. The van der Waals surface area contributed by atoms with E-state index >= 15 is 0 Å². The van der Waals surface area contributed by atoms with Gasteiger partial charge in [-0.3, -0.25) is 4.90 Å². The molecule has 2 saturated heterocycles. The Balaban J connectivity index is 1.94. The first-order chi connectivity index (χ1) is 8.87. The van der Waals surface area contributed by atoms with Crippen molar-refractivity contribution in [2.24, 2.45) is 0 Å². The van der Waals surface area contributed by atoms with Gasteiger partial charge in [0.25, 0.3) is 0 Å². The SMILES string of the molecule is CC(C)(C)OC(=O)N1CC[C@@H](O)[C@H](N2CCCC2)C1. The Labute approximate surface area is 115 Å². The molecular formula is C14H26N2O3. The molecule has 0 aliphatic carbocycles. The van der Waals surface area contributed by atoms with E-state index in [1.54, 1.807) is 4.90 Å². The second kappa shape index (κ2) is 5.67. The number of piperidine rings is 1. The summed E-state index contributed by atoms with van der Waals surface area (Å²) in [5, 5.41) is 10.1. The Morgan fingerprint density at radius 2 is 1.84 bits per heavy atom. The van der Waals surface area contributed by atoms with Crippen molar-refractivity contribution in [1.29, 1.82) is 0 Å². The van der Waals surface area contributed by atoms with Crippen LogP contribution in [0.15, 0.2) is 0 Å². The van der Waals surface area contributed by atoms with Gasteiger partial charge in [0.05, 0.1) is 12.1 Å². The normalized spacial score (nSPS) is 29.6. The Morgan fingerprint density at radius 3 is 2.42 bits per heavy atom. The fourth-order valence-electron chi connectivity index (χ4n) is 2.84. The molecule has 5 heteroatoms. The number of carbonyl (C=O) groups is 1. The molecule has 0 aromatic carbocycles. The lowest BCUT2D eigenvalue weighted by Gasteiger charge is -2.40. The van der Waals surface area contributed by atoms with Crippen LogP contribution in [0.3, 0.4) is 0 Å². The summed E-state index contributed by atoms with van der Waals surface area (Å²) in [6.45, 7) is 8.86. The van der Waals surface area contributed by atoms with Crippen molar-refractivity contribution >= 4 is 6.09 Å². The number of aliphatic hydroxyl groups is 1. The Hall–Kier alpha value is -0.810. The molecule has 0 spiro atoms. The smallest absolute Gasteiger partial charge is 0.410 e. The zero-order chi connectivity index (χ0) is 14.0. The molecule has 0 aromatic heterocycles. The number of nitrogens with zero attached hydrogens (tertiary/aromatic N) is 2. The molecule has 2 aliphatic heterocycles. The molecule has 2 aliphatic rings. The number of amides is 1. The van der Waals surface area contributed by atoms with Gasteiger partial charge in [0.2, 0.25) is 0 Å². The highest BCUT2D eigenvalue weighted by molar-refractivity contribution is 5.68. The highest BCUT2D eigenvalue weighted by Crippen LogP contribution is 2.22. The van der Waals surface area contributed by atoms with E-state index in [1.165, 1.54) is 12.8 Å². The number of likely N-dealkylation sites (tertiary alicyclic amines) is 2. The third kappa shape index (κ3) is 3.83. The Bertz CT molecular complexity index is 321. The molecule has 0 saturated carbocycles. The minimum Gasteiger partial charge on any atom is -0.444 e. The average Bonchev–Trinajstić information content (AvgIpc) is 2.80. The van der Waals surface area contributed by atoms with Crippen molar-refractivity contribution in [3.8, 4) is 0 Å². The molecule has 0 radical (unpaired) electrons. The van der Waals surface area contributed by atoms with Crippen LogP contribution in [0.1, 0.15) is 40.0 Å². The van der Waals surface area contributed by atoms with Crippen LogP contribution in [0.2, 0.25) is 0 Å². The van der Waals surface area contributed by atoms with Crippen molar-refractivity contribution < 1.29 is 14.6 Å². The number of ether oxygens (including phenoxy) is 1. The van der Waals surface area contributed by atoms with Crippen molar-refractivity contribution in [1.82, 2.24) is 9.80 Å². The van der Waals surface area contributed by atoms with Gasteiger partial charge in [-0.1, -0.05) is 0 Å². The summed E-state index contributed by atoms with van der Waals surface area (Å²) in [7, 11) is 0. The van der Waals surface area contributed by atoms with E-state index in [1.807, 2.05) is 20.8 Å². The van der Waals surface area contributed by atoms with E-state index in [4.69, 9.17) is 4.74 Å². The number of carbonyl (C=O) groups excluding carboxylic acids is 1. The minimum atomic E-state index is -0.462. The van der Waals surface area contributed by atoms with Gasteiger partial charge in [0, 0.05) is 13.1 Å². The van der Waals surface area contributed by atoms with Crippen LogP contribution in [-0.4, -0.2) is 64.9 Å². The van der Waals surface area contributed by atoms with Gasteiger partial charge in [-0.05, 0) is 53.1 Å². The second-order valence-electron chi connectivity index (χ2n) is 6.59. The topological polar surface area (TPSA) is 53.0 Å². The highest BCUT2D eigenvalue weighted by Gasteiger charge is 2.36. The first kappa shape index (κ1) is 14.6. The minimum absolute atomic E-state index is 0.0729. The van der Waals surface area contributed by atoms with Crippen LogP contribution in [0.4, 0.5) is 4.79 Å². The molecule has 2 rings (SSSR count). The van der Waals surface area contributed by atoms with Crippen LogP contribution in [0.25, 0.3) is 0 Å². The lowest BCUT2D eigenvalue weighted by Crippen LogP contribution is -2.56. The molecule has 5 nitrogen and oxygen atoms in total. The fourth-order valence-corrected chi connectivity index (χ4v) is 2.84. The molecule has 0 bridgehead atoms. The Kier molecular flexibility index (Phi) is 4.36. The van der Waals surface area contributed by atoms with Crippen LogP contribution in [-0.2, 0) is 4.74 Å². The summed E-state index contributed by atoms with van der Waals surface area (Å²) < 4.78 is 5.41. The standard InChI is InChI=1S/C14H26N2O3/c1-14(2,3)19-13(18)16-9-6-12(17)11(10-16)15-7-4-5-8-15/h11-12,17H,4-10H2,1-3H3/t11-,12-/m1/s1. The number of aliphatic hydroxyl groups excluding tert-OH is 1. The first-order valence-electron chi connectivity index (χ1n) is 7.27. The van der Waals surface area contributed by atoms with Gasteiger partial charge in [-0.2, -0.15) is 0 Å². The van der Waals surface area contributed by atoms with E-state index in [0.29, 0.717) is 19.5 Å². The lowest BCUT2D eigenvalue weighted by atomic mass is 10.0. The number of hydrogen-bond acceptors (Lipinski definition) is 4. The van der Waals surface area contributed by atoms with E-state index in [0.717, 1.165) is 13.1 Å². The third-order valence-corrected chi connectivity index (χ3v) is 3.81. The highest BCUT2D eigenvalue weighted by atomic mass is 16.6. The van der Waals surface area contributed by atoms with Gasteiger partial charge in [0.1, 0.15) is 5.60 Å². The molecule has 2 heterocycles. The number of rotatable bonds is 1. The van der Waals surface area contributed by atoms with E-state index in [-0.39, 0.29) is 18.2 Å². The molecule has 2 fully saturated rings. The summed E-state index contributed by atoms with van der Waals surface area (Å²) in [6, 6.07) is 0.0729. The summed E-state index contributed by atoms with van der Waals surface area (Å²) in [4.78, 5) is 16.1. The van der Waals surface area contributed by atoms with E-state index in [2.05, 4.69) is 4.90 Å². The van der Waals surface area contributed by atoms with Gasteiger partial charge in [0.15, 0.2) is 0 Å². The van der Waals surface area contributed by atoms with Crippen LogP contribution >= 0.6 is 0 Å². The zero-order valence-electron chi connectivity index (χ0n) is 12.3. The first-order valence-corrected chi connectivity index (χ1v) is 7.27. The quantitative estimate of drug-likeness (QED) is 0.783. The summed E-state index contributed by atoms with van der Waals surface area (Å²) >= 11 is 0. The average molecular weight is 270 g/mol. The lowest BCUT2D eigenvalue weighted by molar-refractivity contribution is -0.0221. The van der Waals surface area contributed by atoms with Crippen LogP contribution < -0.4 is 0 Å². The van der Waals surface area contributed by atoms with Crippen LogP contribution in [0.5, 0.6) is 0 Å². The summed E-state index contributed by atoms with van der Waals surface area (Å²) in [5.41, 5.74) is -0.462. The molecule has 1 amide bonds. The van der Waals surface area contributed by atoms with Gasteiger partial charge >= 0.3 is 6.09 Å². The van der Waals surface area contributed by atoms with Crippen molar-refractivity contribution in [2.75, 3.05) is 26.2 Å². The molecule has 0 aromatic rings. The second-order valence-corrected chi connectivity index (χ2v) is 6.59. The monoisotopic (exact) mass is 270 g/mol. The van der Waals surface area contributed by atoms with Gasteiger partial charge in [-0.25, -0.2) is 4.79 Å². The van der Waals surface area contributed by atoms with E-state index in [9.17, 15) is 9.90 Å². The molecule has 0 unspecified atom stereocenters. The summed E-state index contributed by atoms with van der Waals surface area (Å²) in [5.74, 6) is 0. The third-order valence-electron chi connectivity index (χ3n) is 3.81. The molecule has 2 atom stereocenters. The predicted octanol–water partition coefficient (Wildman–Crippen LogP) is 1.45. The zero-order valence-corrected chi connectivity index (χ0v) is 12.3. The largest absolute Gasteiger partial charge is 0.444 e. The molecule has 1 N–H and O–H groups in total. The Morgan fingerprint density at radius 1 is 1.21 bits per heavy atom. The van der Waals surface area contributed by atoms with Crippen molar-refractivity contribution in [2.45, 2.75) is 57.8 Å². The van der Waals surface area contributed by atoms with Crippen molar-refractivity contribution in [3.63, 3.8) is 0 Å². The molecular weight excluding hydrogens is 244 g/mol. The van der Waals surface area contributed by atoms with Crippen LogP contribution in [0, 0.1) is 0 Å². The van der Waals surface area contributed by atoms with Gasteiger partial charge < -0.3 is 14.7 Å². The maximum absolute atomic E-state index is 12.1. The van der Waals surface area contributed by atoms with Gasteiger partial charge in [-0.15, -0.1) is 0 Å². The number of hydrogen-bond donors (Lipinski definition) is 1. The fraction of sp³-hybridized carbons (Fsp3) is 0.929. The molecule has 110 valence electrons.